The van der Waals surface area contributed by atoms with Crippen LogP contribution in [0.2, 0.25) is 0 Å². The van der Waals surface area contributed by atoms with Crippen LogP contribution >= 0.6 is 0 Å². The molecule has 19 heavy (non-hydrogen) atoms. The molecule has 0 saturated carbocycles. The molecule has 0 aliphatic heterocycles. The lowest BCUT2D eigenvalue weighted by Gasteiger charge is -2.07. The van der Waals surface area contributed by atoms with Gasteiger partial charge in [0.15, 0.2) is 5.76 Å². The van der Waals surface area contributed by atoms with Gasteiger partial charge >= 0.3 is 0 Å². The average Bonchev–Trinajstić information content (AvgIpc) is 2.90. The molecule has 0 aliphatic carbocycles. The smallest absolute Gasteiger partial charge is 0.291 e. The Hall–Kier alpha value is -2.47. The molecule has 1 heterocycles. The summed E-state index contributed by atoms with van der Waals surface area (Å²) in [7, 11) is 1.49. The van der Waals surface area contributed by atoms with Gasteiger partial charge in [0.2, 0.25) is 0 Å². The lowest BCUT2D eigenvalue weighted by Crippen LogP contribution is -2.11. The van der Waals surface area contributed by atoms with Gasteiger partial charge in [-0.15, -0.1) is 0 Å². The highest BCUT2D eigenvalue weighted by molar-refractivity contribution is 6.03. The van der Waals surface area contributed by atoms with E-state index in [4.69, 9.17) is 14.9 Å². The monoisotopic (exact) mass is 262 g/mol. The zero-order chi connectivity index (χ0) is 13.8. The predicted molar refractivity (Wildman–Crippen MR) is 69.2 cm³/mol. The number of carbonyl (C=O) groups excluding carboxylic acids is 1. The molecular formula is C13H14N2O4. The molecule has 0 aliphatic rings. The van der Waals surface area contributed by atoms with E-state index >= 15 is 0 Å². The molecule has 100 valence electrons. The minimum Gasteiger partial charge on any atom is -0.506 e. The van der Waals surface area contributed by atoms with Crippen LogP contribution < -0.4 is 15.8 Å². The third-order valence-electron chi connectivity index (χ3n) is 2.54. The van der Waals surface area contributed by atoms with Crippen LogP contribution in [0.5, 0.6) is 11.5 Å². The van der Waals surface area contributed by atoms with E-state index in [9.17, 15) is 9.90 Å². The number of benzene rings is 1. The number of hydrogen-bond acceptors (Lipinski definition) is 5. The maximum atomic E-state index is 11.9. The first-order chi connectivity index (χ1) is 9.13. The van der Waals surface area contributed by atoms with Gasteiger partial charge in [0, 0.05) is 6.07 Å². The molecule has 6 nitrogen and oxygen atoms in total. The molecule has 1 aromatic carbocycles. The number of anilines is 1. The van der Waals surface area contributed by atoms with Crippen molar-refractivity contribution in [2.24, 2.45) is 5.73 Å². The molecule has 0 saturated heterocycles. The van der Waals surface area contributed by atoms with E-state index in [0.717, 1.165) is 0 Å². The van der Waals surface area contributed by atoms with Gasteiger partial charge in [-0.2, -0.15) is 0 Å². The number of phenols is 1. The van der Waals surface area contributed by atoms with Crippen molar-refractivity contribution in [3.8, 4) is 11.5 Å². The van der Waals surface area contributed by atoms with Crippen LogP contribution in [0, 0.1) is 0 Å². The molecule has 1 amide bonds. The normalized spacial score (nSPS) is 10.2. The second kappa shape index (κ2) is 5.45. The Labute approximate surface area is 109 Å². The van der Waals surface area contributed by atoms with Gasteiger partial charge in [-0.1, -0.05) is 0 Å². The fourth-order valence-electron chi connectivity index (χ4n) is 1.54. The number of carbonyl (C=O) groups is 1. The van der Waals surface area contributed by atoms with Gasteiger partial charge in [0.25, 0.3) is 5.91 Å². The van der Waals surface area contributed by atoms with Crippen molar-refractivity contribution in [1.82, 2.24) is 0 Å². The molecule has 6 heteroatoms. The molecule has 0 radical (unpaired) electrons. The number of hydrogen-bond donors (Lipinski definition) is 3. The molecule has 0 fully saturated rings. The summed E-state index contributed by atoms with van der Waals surface area (Å²) in [5.41, 5.74) is 5.67. The Bertz CT molecular complexity index is 592. The van der Waals surface area contributed by atoms with Crippen LogP contribution in [0.4, 0.5) is 5.69 Å². The van der Waals surface area contributed by atoms with Crippen molar-refractivity contribution in [3.63, 3.8) is 0 Å². The standard InChI is InChI=1S/C13H14N2O4/c1-18-8-2-4-10(11(16)6-8)15-13(17)12-5-3-9(7-14)19-12/h2-6,16H,7,14H2,1H3,(H,15,17). The third-order valence-corrected chi connectivity index (χ3v) is 2.54. The Morgan fingerprint density at radius 1 is 1.42 bits per heavy atom. The molecule has 0 atom stereocenters. The van der Waals surface area contributed by atoms with E-state index < -0.39 is 5.91 Å². The summed E-state index contributed by atoms with van der Waals surface area (Å²) in [6.07, 6.45) is 0. The Kier molecular flexibility index (Phi) is 3.72. The summed E-state index contributed by atoms with van der Waals surface area (Å²) in [4.78, 5) is 11.9. The number of amides is 1. The zero-order valence-corrected chi connectivity index (χ0v) is 10.3. The maximum absolute atomic E-state index is 11.9. The molecule has 4 N–H and O–H groups in total. The minimum absolute atomic E-state index is 0.0849. The van der Waals surface area contributed by atoms with Crippen LogP contribution in [-0.4, -0.2) is 18.1 Å². The van der Waals surface area contributed by atoms with Crippen LogP contribution in [0.3, 0.4) is 0 Å². The number of methoxy groups -OCH3 is 1. The maximum Gasteiger partial charge on any atom is 0.291 e. The van der Waals surface area contributed by atoms with Gasteiger partial charge < -0.3 is 25.3 Å². The van der Waals surface area contributed by atoms with Gasteiger partial charge in [-0.25, -0.2) is 0 Å². The molecule has 2 aromatic rings. The van der Waals surface area contributed by atoms with Crippen LogP contribution in [0.15, 0.2) is 34.7 Å². The number of nitrogens with two attached hydrogens (primary N) is 1. The number of nitrogens with one attached hydrogen (secondary N) is 1. The molecule has 2 rings (SSSR count). The average molecular weight is 262 g/mol. The zero-order valence-electron chi connectivity index (χ0n) is 10.3. The fraction of sp³-hybridized carbons (Fsp3) is 0.154. The van der Waals surface area contributed by atoms with Crippen molar-refractivity contribution in [2.75, 3.05) is 12.4 Å². The SMILES string of the molecule is COc1ccc(NC(=O)c2ccc(CN)o2)c(O)c1. The summed E-state index contributed by atoms with van der Waals surface area (Å²) in [5.74, 6) is 0.608. The van der Waals surface area contributed by atoms with E-state index in [1.165, 1.54) is 19.2 Å². The van der Waals surface area contributed by atoms with E-state index in [0.29, 0.717) is 11.5 Å². The minimum atomic E-state index is -0.458. The largest absolute Gasteiger partial charge is 0.506 e. The molecule has 0 spiro atoms. The second-order valence-corrected chi connectivity index (χ2v) is 3.81. The van der Waals surface area contributed by atoms with Crippen molar-refractivity contribution < 1.29 is 19.1 Å². The quantitative estimate of drug-likeness (QED) is 0.728. The summed E-state index contributed by atoms with van der Waals surface area (Å²) in [6, 6.07) is 7.73. The molecule has 1 aromatic heterocycles. The first kappa shape index (κ1) is 13.0. The lowest BCUT2D eigenvalue weighted by atomic mass is 10.2. The Morgan fingerprint density at radius 2 is 2.21 bits per heavy atom. The highest BCUT2D eigenvalue weighted by atomic mass is 16.5. The van der Waals surface area contributed by atoms with Gasteiger partial charge in [0.05, 0.1) is 19.3 Å². The van der Waals surface area contributed by atoms with Crippen LogP contribution in [0.25, 0.3) is 0 Å². The number of phenolic OH excluding ortho intramolecular Hbond substituents is 1. The summed E-state index contributed by atoms with van der Waals surface area (Å²) < 4.78 is 10.2. The highest BCUT2D eigenvalue weighted by Gasteiger charge is 2.13. The van der Waals surface area contributed by atoms with E-state index in [2.05, 4.69) is 5.32 Å². The Balaban J connectivity index is 2.14. The lowest BCUT2D eigenvalue weighted by molar-refractivity contribution is 0.0994. The molecular weight excluding hydrogens is 248 g/mol. The van der Waals surface area contributed by atoms with Crippen molar-refractivity contribution in [1.29, 1.82) is 0 Å². The van der Waals surface area contributed by atoms with Crippen molar-refractivity contribution in [2.45, 2.75) is 6.54 Å². The first-order valence-electron chi connectivity index (χ1n) is 5.61. The molecule has 0 bridgehead atoms. The summed E-state index contributed by atoms with van der Waals surface area (Å²) >= 11 is 0. The predicted octanol–water partition coefficient (Wildman–Crippen LogP) is 1.70. The number of rotatable bonds is 4. The van der Waals surface area contributed by atoms with Gasteiger partial charge in [-0.3, -0.25) is 4.79 Å². The van der Waals surface area contributed by atoms with E-state index in [-0.39, 0.29) is 23.7 Å². The first-order valence-corrected chi connectivity index (χ1v) is 5.61. The fourth-order valence-corrected chi connectivity index (χ4v) is 1.54. The second-order valence-electron chi connectivity index (χ2n) is 3.81. The summed E-state index contributed by atoms with van der Waals surface area (Å²) in [6.45, 7) is 0.223. The number of ether oxygens (including phenoxy) is 1. The molecule has 0 unspecified atom stereocenters. The number of aromatic hydroxyl groups is 1. The van der Waals surface area contributed by atoms with E-state index in [1.54, 1.807) is 18.2 Å². The van der Waals surface area contributed by atoms with Gasteiger partial charge in [0.1, 0.15) is 17.3 Å². The van der Waals surface area contributed by atoms with E-state index in [1.807, 2.05) is 0 Å². The summed E-state index contributed by atoms with van der Waals surface area (Å²) in [5, 5.41) is 12.3. The van der Waals surface area contributed by atoms with Gasteiger partial charge in [-0.05, 0) is 24.3 Å². The van der Waals surface area contributed by atoms with Crippen molar-refractivity contribution in [3.05, 3.63) is 41.9 Å². The van der Waals surface area contributed by atoms with Crippen molar-refractivity contribution >= 4 is 11.6 Å². The van der Waals surface area contributed by atoms with Crippen LogP contribution in [0.1, 0.15) is 16.3 Å². The third kappa shape index (κ3) is 2.86. The Morgan fingerprint density at radius 3 is 2.79 bits per heavy atom. The topological polar surface area (TPSA) is 97.7 Å². The van der Waals surface area contributed by atoms with Crippen LogP contribution in [-0.2, 0) is 6.54 Å². The highest BCUT2D eigenvalue weighted by Crippen LogP contribution is 2.28. The number of furan rings is 1.